The van der Waals surface area contributed by atoms with Crippen molar-refractivity contribution in [3.05, 3.63) is 85.1 Å². The molecule has 60 heavy (non-hydrogen) atoms. The standard InChI is InChI=1S/C54H93NO5/c1-4-7-10-13-16-19-22-24-26-28-30-32-35-38-41-44-47-54(59)60-50(45-42-39-36-33-31-29-27-25-23-20-17-14-11-8-5-2)48-53(58)55-51(49-56)52(57)46-43-40-37-34-21-18-15-12-9-6-3/h7,10,16-17,19-20,24-27,31,33,39,42,50-52,56-57H,4-6,8-9,11-15,18,21-23,28-30,32,34-38,40-41,43-49H2,1-3H3,(H,55,58)/b10-7+,19-16+,20-17-,26-24+,27-25-,33-31-,42-39-. The summed E-state index contributed by atoms with van der Waals surface area (Å²) in [7, 11) is 0. The van der Waals surface area contributed by atoms with Gasteiger partial charge in [0.2, 0.25) is 5.91 Å². The van der Waals surface area contributed by atoms with Gasteiger partial charge >= 0.3 is 5.97 Å². The van der Waals surface area contributed by atoms with E-state index in [-0.39, 0.29) is 24.9 Å². The SMILES string of the molecule is CC/C=C/C/C=C/C/C=C/CCCCCCCCC(=O)OC(C/C=C\C/C=C\C/C=C\C/C=C\CCCCC)CC(=O)NC(CO)C(O)CCCCCCCCCCCC. The van der Waals surface area contributed by atoms with Crippen LogP contribution in [0.5, 0.6) is 0 Å². The summed E-state index contributed by atoms with van der Waals surface area (Å²) >= 11 is 0. The first kappa shape index (κ1) is 57.0. The minimum atomic E-state index is -0.815. The quantitative estimate of drug-likeness (QED) is 0.0323. The minimum Gasteiger partial charge on any atom is -0.461 e. The molecule has 3 N–H and O–H groups in total. The molecular weight excluding hydrogens is 743 g/mol. The van der Waals surface area contributed by atoms with Crippen molar-refractivity contribution in [2.75, 3.05) is 6.61 Å². The van der Waals surface area contributed by atoms with Crippen molar-refractivity contribution >= 4 is 11.9 Å². The number of rotatable bonds is 43. The van der Waals surface area contributed by atoms with Crippen LogP contribution in [0.2, 0.25) is 0 Å². The number of unbranched alkanes of at least 4 members (excludes halogenated alkanes) is 18. The van der Waals surface area contributed by atoms with Gasteiger partial charge in [-0.2, -0.15) is 0 Å². The lowest BCUT2D eigenvalue weighted by Gasteiger charge is -2.24. The summed E-state index contributed by atoms with van der Waals surface area (Å²) in [6.45, 7) is 6.29. The Bertz CT molecular complexity index is 1160. The number of nitrogens with one attached hydrogen (secondary N) is 1. The first-order chi connectivity index (χ1) is 29.5. The molecule has 0 aliphatic carbocycles. The molecule has 0 saturated carbocycles. The van der Waals surface area contributed by atoms with Gasteiger partial charge < -0.3 is 20.3 Å². The highest BCUT2D eigenvalue weighted by molar-refractivity contribution is 5.77. The average molecular weight is 836 g/mol. The van der Waals surface area contributed by atoms with E-state index in [0.29, 0.717) is 19.3 Å². The van der Waals surface area contributed by atoms with Crippen LogP contribution in [0.3, 0.4) is 0 Å². The molecule has 344 valence electrons. The van der Waals surface area contributed by atoms with Gasteiger partial charge in [0.25, 0.3) is 0 Å². The molecule has 0 fully saturated rings. The van der Waals surface area contributed by atoms with Crippen LogP contribution in [0.25, 0.3) is 0 Å². The number of esters is 1. The summed E-state index contributed by atoms with van der Waals surface area (Å²) in [6.07, 6.45) is 60.8. The Labute approximate surface area is 370 Å². The maximum Gasteiger partial charge on any atom is 0.306 e. The van der Waals surface area contributed by atoms with E-state index in [1.165, 1.54) is 89.9 Å². The van der Waals surface area contributed by atoms with E-state index in [2.05, 4.69) is 99.0 Å². The molecule has 0 aromatic carbocycles. The zero-order valence-corrected chi connectivity index (χ0v) is 39.1. The van der Waals surface area contributed by atoms with Gasteiger partial charge in [-0.15, -0.1) is 0 Å². The number of allylic oxidation sites excluding steroid dienone is 13. The van der Waals surface area contributed by atoms with Gasteiger partial charge in [0.05, 0.1) is 25.2 Å². The number of hydrogen-bond donors (Lipinski definition) is 3. The van der Waals surface area contributed by atoms with Crippen molar-refractivity contribution in [3.8, 4) is 0 Å². The van der Waals surface area contributed by atoms with E-state index in [1.54, 1.807) is 0 Å². The monoisotopic (exact) mass is 836 g/mol. The van der Waals surface area contributed by atoms with Gasteiger partial charge in [-0.1, -0.05) is 209 Å². The van der Waals surface area contributed by atoms with E-state index in [1.807, 2.05) is 12.2 Å². The number of carbonyl (C=O) groups excluding carboxylic acids is 2. The number of ether oxygens (including phenoxy) is 1. The maximum absolute atomic E-state index is 13.1. The highest BCUT2D eigenvalue weighted by atomic mass is 16.5. The summed E-state index contributed by atoms with van der Waals surface area (Å²) in [5.41, 5.74) is 0. The van der Waals surface area contributed by atoms with Crippen molar-refractivity contribution in [3.63, 3.8) is 0 Å². The number of carbonyl (C=O) groups is 2. The molecule has 0 spiro atoms. The van der Waals surface area contributed by atoms with E-state index in [9.17, 15) is 19.8 Å². The largest absolute Gasteiger partial charge is 0.461 e. The molecule has 0 rings (SSSR count). The molecule has 6 heteroatoms. The normalized spacial score (nSPS) is 14.0. The Morgan fingerprint density at radius 2 is 0.933 bits per heavy atom. The molecular formula is C54H93NO5. The second kappa shape index (κ2) is 47.1. The molecule has 1 amide bonds. The van der Waals surface area contributed by atoms with Gasteiger partial charge in [0.15, 0.2) is 0 Å². The molecule has 0 heterocycles. The predicted molar refractivity (Wildman–Crippen MR) is 259 cm³/mol. The minimum absolute atomic E-state index is 0.00766. The zero-order valence-electron chi connectivity index (χ0n) is 39.1. The van der Waals surface area contributed by atoms with Gasteiger partial charge in [0.1, 0.15) is 6.10 Å². The highest BCUT2D eigenvalue weighted by Crippen LogP contribution is 2.15. The number of aliphatic hydroxyl groups excluding tert-OH is 2. The Morgan fingerprint density at radius 1 is 0.517 bits per heavy atom. The Balaban J connectivity index is 4.76. The van der Waals surface area contributed by atoms with Crippen LogP contribution in [0, 0.1) is 0 Å². The van der Waals surface area contributed by atoms with Crippen molar-refractivity contribution in [1.82, 2.24) is 5.32 Å². The maximum atomic E-state index is 13.1. The van der Waals surface area contributed by atoms with Crippen LogP contribution >= 0.6 is 0 Å². The molecule has 0 aliphatic rings. The number of aliphatic hydroxyl groups is 2. The van der Waals surface area contributed by atoms with Crippen molar-refractivity contribution in [2.45, 2.75) is 238 Å². The third kappa shape index (κ3) is 41.8. The van der Waals surface area contributed by atoms with Crippen molar-refractivity contribution < 1.29 is 24.5 Å². The number of hydrogen-bond acceptors (Lipinski definition) is 5. The Kier molecular flexibility index (Phi) is 44.8. The Hall–Kier alpha value is -2.96. The second-order valence-corrected chi connectivity index (χ2v) is 16.5. The summed E-state index contributed by atoms with van der Waals surface area (Å²) in [4.78, 5) is 26.1. The summed E-state index contributed by atoms with van der Waals surface area (Å²) in [5.74, 6) is -0.597. The van der Waals surface area contributed by atoms with E-state index < -0.39 is 18.2 Å². The first-order valence-electron chi connectivity index (χ1n) is 24.8. The second-order valence-electron chi connectivity index (χ2n) is 16.5. The zero-order chi connectivity index (χ0) is 43.8. The lowest BCUT2D eigenvalue weighted by atomic mass is 10.0. The fourth-order valence-electron chi connectivity index (χ4n) is 6.95. The molecule has 0 radical (unpaired) electrons. The van der Waals surface area contributed by atoms with Crippen LogP contribution < -0.4 is 5.32 Å². The molecule has 0 bridgehead atoms. The van der Waals surface area contributed by atoms with E-state index in [4.69, 9.17) is 4.74 Å². The van der Waals surface area contributed by atoms with Crippen LogP contribution in [0.4, 0.5) is 0 Å². The molecule has 6 nitrogen and oxygen atoms in total. The van der Waals surface area contributed by atoms with Crippen LogP contribution in [-0.4, -0.2) is 46.9 Å². The molecule has 3 unspecified atom stereocenters. The molecule has 0 aliphatic heterocycles. The topological polar surface area (TPSA) is 95.9 Å². The first-order valence-corrected chi connectivity index (χ1v) is 24.8. The van der Waals surface area contributed by atoms with Gasteiger partial charge in [-0.25, -0.2) is 0 Å². The molecule has 0 aromatic rings. The lowest BCUT2D eigenvalue weighted by Crippen LogP contribution is -2.46. The lowest BCUT2D eigenvalue weighted by molar-refractivity contribution is -0.150. The fraction of sp³-hybridized carbons (Fsp3) is 0.704. The third-order valence-corrected chi connectivity index (χ3v) is 10.7. The van der Waals surface area contributed by atoms with Crippen LogP contribution in [0.1, 0.15) is 220 Å². The fourth-order valence-corrected chi connectivity index (χ4v) is 6.95. The number of amides is 1. The summed E-state index contributed by atoms with van der Waals surface area (Å²) in [5, 5.41) is 23.6. The Morgan fingerprint density at radius 3 is 1.45 bits per heavy atom. The molecule has 0 saturated heterocycles. The molecule has 3 atom stereocenters. The van der Waals surface area contributed by atoms with Crippen molar-refractivity contribution in [1.29, 1.82) is 0 Å². The summed E-state index contributed by atoms with van der Waals surface area (Å²) in [6, 6.07) is -0.736. The van der Waals surface area contributed by atoms with Crippen molar-refractivity contribution in [2.24, 2.45) is 0 Å². The third-order valence-electron chi connectivity index (χ3n) is 10.7. The van der Waals surface area contributed by atoms with Crippen LogP contribution in [-0.2, 0) is 14.3 Å². The van der Waals surface area contributed by atoms with Gasteiger partial charge in [-0.05, 0) is 77.0 Å². The average Bonchev–Trinajstić information content (AvgIpc) is 3.24. The van der Waals surface area contributed by atoms with E-state index in [0.717, 1.165) is 83.5 Å². The van der Waals surface area contributed by atoms with Gasteiger partial charge in [0, 0.05) is 12.8 Å². The smallest absolute Gasteiger partial charge is 0.306 e. The molecule has 0 aromatic heterocycles. The van der Waals surface area contributed by atoms with E-state index >= 15 is 0 Å². The van der Waals surface area contributed by atoms with Gasteiger partial charge in [-0.3, -0.25) is 9.59 Å². The predicted octanol–water partition coefficient (Wildman–Crippen LogP) is 14.8. The summed E-state index contributed by atoms with van der Waals surface area (Å²) < 4.78 is 5.85. The van der Waals surface area contributed by atoms with Crippen LogP contribution in [0.15, 0.2) is 85.1 Å². The highest BCUT2D eigenvalue weighted by Gasteiger charge is 2.23.